The van der Waals surface area contributed by atoms with Crippen LogP contribution in [0.5, 0.6) is 11.5 Å². The molecule has 160 valence electrons. The fraction of sp³-hybridized carbons (Fsp3) is 0.318. The van der Waals surface area contributed by atoms with Gasteiger partial charge in [0.1, 0.15) is 0 Å². The lowest BCUT2D eigenvalue weighted by atomic mass is 10.1. The van der Waals surface area contributed by atoms with E-state index in [2.05, 4.69) is 10.6 Å². The summed E-state index contributed by atoms with van der Waals surface area (Å²) in [5, 5.41) is 5.32. The summed E-state index contributed by atoms with van der Waals surface area (Å²) in [6.07, 6.45) is 0.234. The molecule has 0 aromatic heterocycles. The highest BCUT2D eigenvalue weighted by Gasteiger charge is 2.10. The minimum Gasteiger partial charge on any atom is -0.493 e. The maximum absolute atomic E-state index is 11.9. The second kappa shape index (κ2) is 12.1. The van der Waals surface area contributed by atoms with E-state index in [0.29, 0.717) is 11.5 Å². The predicted octanol–water partition coefficient (Wildman–Crippen LogP) is 1.61. The van der Waals surface area contributed by atoms with Crippen molar-refractivity contribution in [3.05, 3.63) is 59.7 Å². The summed E-state index contributed by atoms with van der Waals surface area (Å²) >= 11 is 0. The van der Waals surface area contributed by atoms with Crippen LogP contribution in [0.2, 0.25) is 0 Å². The standard InChI is InChI=1S/C22H26N2O6/c1-28-18-9-8-17(12-19(18)29-2)14-24-21(26)15-30-22(27)10-11-23-20(25)13-16-6-4-3-5-7-16/h3-9,12H,10-11,13-15H2,1-2H3,(H,23,25)(H,24,26). The van der Waals surface area contributed by atoms with Crippen molar-refractivity contribution in [3.63, 3.8) is 0 Å². The van der Waals surface area contributed by atoms with Crippen LogP contribution < -0.4 is 20.1 Å². The molecule has 0 heterocycles. The quantitative estimate of drug-likeness (QED) is 0.542. The molecule has 30 heavy (non-hydrogen) atoms. The van der Waals surface area contributed by atoms with Crippen molar-refractivity contribution in [1.29, 1.82) is 0 Å². The molecule has 0 saturated carbocycles. The first-order valence-electron chi connectivity index (χ1n) is 9.45. The normalized spacial score (nSPS) is 10.1. The molecular formula is C22H26N2O6. The van der Waals surface area contributed by atoms with Gasteiger partial charge in [0.15, 0.2) is 18.1 Å². The Morgan fingerprint density at radius 3 is 2.27 bits per heavy atom. The van der Waals surface area contributed by atoms with Gasteiger partial charge in [-0.05, 0) is 23.3 Å². The molecule has 0 aliphatic heterocycles. The second-order valence-corrected chi connectivity index (χ2v) is 6.39. The van der Waals surface area contributed by atoms with Crippen LogP contribution in [0.1, 0.15) is 17.5 Å². The number of nitrogens with one attached hydrogen (secondary N) is 2. The number of amides is 2. The maximum Gasteiger partial charge on any atom is 0.308 e. The average molecular weight is 414 g/mol. The van der Waals surface area contributed by atoms with E-state index in [9.17, 15) is 14.4 Å². The van der Waals surface area contributed by atoms with Crippen LogP contribution in [-0.2, 0) is 32.1 Å². The molecule has 0 saturated heterocycles. The molecule has 8 heteroatoms. The summed E-state index contributed by atoms with van der Waals surface area (Å²) in [5.41, 5.74) is 1.71. The summed E-state index contributed by atoms with van der Waals surface area (Å²) in [7, 11) is 3.08. The summed E-state index contributed by atoms with van der Waals surface area (Å²) in [5.74, 6) is -0.00783. The van der Waals surface area contributed by atoms with Crippen molar-refractivity contribution in [2.75, 3.05) is 27.4 Å². The summed E-state index contributed by atoms with van der Waals surface area (Å²) in [4.78, 5) is 35.4. The molecule has 2 aromatic carbocycles. The van der Waals surface area contributed by atoms with Gasteiger partial charge in [0.2, 0.25) is 5.91 Å². The lowest BCUT2D eigenvalue weighted by Crippen LogP contribution is -2.30. The van der Waals surface area contributed by atoms with E-state index in [-0.39, 0.29) is 38.4 Å². The number of methoxy groups -OCH3 is 2. The Balaban J connectivity index is 1.62. The number of benzene rings is 2. The van der Waals surface area contributed by atoms with Gasteiger partial charge in [-0.2, -0.15) is 0 Å². The van der Waals surface area contributed by atoms with Gasteiger partial charge in [-0.1, -0.05) is 36.4 Å². The van der Waals surface area contributed by atoms with E-state index < -0.39 is 11.9 Å². The number of hydrogen-bond donors (Lipinski definition) is 2. The Hall–Kier alpha value is -3.55. The molecule has 8 nitrogen and oxygen atoms in total. The zero-order valence-corrected chi connectivity index (χ0v) is 17.1. The van der Waals surface area contributed by atoms with Gasteiger partial charge in [-0.15, -0.1) is 0 Å². The minimum absolute atomic E-state index is 0.0104. The monoisotopic (exact) mass is 414 g/mol. The topological polar surface area (TPSA) is 103 Å². The Kier molecular flexibility index (Phi) is 9.18. The van der Waals surface area contributed by atoms with Crippen LogP contribution in [-0.4, -0.2) is 45.2 Å². The third kappa shape index (κ3) is 7.83. The zero-order chi connectivity index (χ0) is 21.8. The van der Waals surface area contributed by atoms with Crippen LogP contribution in [0.4, 0.5) is 0 Å². The molecule has 0 aliphatic carbocycles. The molecule has 2 aromatic rings. The molecule has 2 N–H and O–H groups in total. The second-order valence-electron chi connectivity index (χ2n) is 6.39. The molecule has 0 radical (unpaired) electrons. The highest BCUT2D eigenvalue weighted by molar-refractivity contribution is 5.81. The van der Waals surface area contributed by atoms with Crippen LogP contribution in [0.3, 0.4) is 0 Å². The van der Waals surface area contributed by atoms with Crippen molar-refractivity contribution in [1.82, 2.24) is 10.6 Å². The van der Waals surface area contributed by atoms with Gasteiger partial charge in [-0.25, -0.2) is 0 Å². The molecule has 0 fully saturated rings. The SMILES string of the molecule is COc1ccc(CNC(=O)COC(=O)CCNC(=O)Cc2ccccc2)cc1OC. The Morgan fingerprint density at radius 1 is 0.833 bits per heavy atom. The first-order chi connectivity index (χ1) is 14.5. The van der Waals surface area contributed by atoms with Crippen molar-refractivity contribution in [2.45, 2.75) is 19.4 Å². The highest BCUT2D eigenvalue weighted by atomic mass is 16.5. The third-order valence-corrected chi connectivity index (χ3v) is 4.16. The Morgan fingerprint density at radius 2 is 1.57 bits per heavy atom. The first kappa shape index (κ1) is 22.7. The summed E-state index contributed by atoms with van der Waals surface area (Å²) in [6.45, 7) is 0.0220. The Labute approximate surface area is 175 Å². The molecule has 0 unspecified atom stereocenters. The van der Waals surface area contributed by atoms with Gasteiger partial charge >= 0.3 is 5.97 Å². The fourth-order valence-electron chi connectivity index (χ4n) is 2.61. The number of esters is 1. The van der Waals surface area contributed by atoms with Crippen LogP contribution in [0.25, 0.3) is 0 Å². The molecule has 0 bridgehead atoms. The van der Waals surface area contributed by atoms with Crippen molar-refractivity contribution in [3.8, 4) is 11.5 Å². The molecule has 2 amide bonds. The van der Waals surface area contributed by atoms with E-state index >= 15 is 0 Å². The predicted molar refractivity (Wildman–Crippen MR) is 110 cm³/mol. The fourth-order valence-corrected chi connectivity index (χ4v) is 2.61. The van der Waals surface area contributed by atoms with Crippen molar-refractivity contribution < 1.29 is 28.6 Å². The Bertz CT molecular complexity index is 854. The minimum atomic E-state index is -0.559. The lowest BCUT2D eigenvalue weighted by Gasteiger charge is -2.10. The maximum atomic E-state index is 11.9. The average Bonchev–Trinajstić information content (AvgIpc) is 2.76. The van der Waals surface area contributed by atoms with Crippen LogP contribution in [0.15, 0.2) is 48.5 Å². The number of carbonyl (C=O) groups excluding carboxylic acids is 3. The number of ether oxygens (including phenoxy) is 3. The van der Waals surface area contributed by atoms with E-state index in [1.54, 1.807) is 25.3 Å². The largest absolute Gasteiger partial charge is 0.493 e. The smallest absolute Gasteiger partial charge is 0.308 e. The molecule has 2 rings (SSSR count). The molecule has 0 atom stereocenters. The van der Waals surface area contributed by atoms with E-state index in [0.717, 1.165) is 11.1 Å². The van der Waals surface area contributed by atoms with Crippen molar-refractivity contribution in [2.24, 2.45) is 0 Å². The molecule has 0 aliphatic rings. The van der Waals surface area contributed by atoms with Gasteiger partial charge in [0.05, 0.1) is 27.1 Å². The molecular weight excluding hydrogens is 388 g/mol. The van der Waals surface area contributed by atoms with Gasteiger partial charge < -0.3 is 24.8 Å². The molecule has 0 spiro atoms. The van der Waals surface area contributed by atoms with E-state index in [4.69, 9.17) is 14.2 Å². The number of rotatable bonds is 11. The first-order valence-corrected chi connectivity index (χ1v) is 9.45. The van der Waals surface area contributed by atoms with Crippen molar-refractivity contribution >= 4 is 17.8 Å². The zero-order valence-electron chi connectivity index (χ0n) is 17.1. The van der Waals surface area contributed by atoms with Gasteiger partial charge in [0.25, 0.3) is 5.91 Å². The summed E-state index contributed by atoms with van der Waals surface area (Å²) in [6, 6.07) is 14.6. The summed E-state index contributed by atoms with van der Waals surface area (Å²) < 4.78 is 15.3. The van der Waals surface area contributed by atoms with Crippen LogP contribution in [0, 0.1) is 0 Å². The lowest BCUT2D eigenvalue weighted by molar-refractivity contribution is -0.148. The van der Waals surface area contributed by atoms with E-state index in [1.165, 1.54) is 7.11 Å². The van der Waals surface area contributed by atoms with Crippen LogP contribution >= 0.6 is 0 Å². The van der Waals surface area contributed by atoms with Gasteiger partial charge in [0, 0.05) is 13.1 Å². The van der Waals surface area contributed by atoms with E-state index in [1.807, 2.05) is 30.3 Å². The van der Waals surface area contributed by atoms with Gasteiger partial charge in [-0.3, -0.25) is 14.4 Å². The number of hydrogen-bond acceptors (Lipinski definition) is 6. The third-order valence-electron chi connectivity index (χ3n) is 4.16. The number of carbonyl (C=O) groups is 3. The highest BCUT2D eigenvalue weighted by Crippen LogP contribution is 2.27.